The molecule has 0 radical (unpaired) electrons. The third-order valence-corrected chi connectivity index (χ3v) is 6.78. The van der Waals surface area contributed by atoms with Gasteiger partial charge in [-0.1, -0.05) is 47.1 Å². The summed E-state index contributed by atoms with van der Waals surface area (Å²) >= 11 is 13.6. The quantitative estimate of drug-likeness (QED) is 0.285. The van der Waals surface area contributed by atoms with E-state index in [1.54, 1.807) is 36.4 Å². The van der Waals surface area contributed by atoms with Crippen molar-refractivity contribution < 1.29 is 9.53 Å². The van der Waals surface area contributed by atoms with Gasteiger partial charge < -0.3 is 10.1 Å². The molecule has 0 atom stereocenters. The first kappa shape index (κ1) is 24.0. The van der Waals surface area contributed by atoms with Crippen molar-refractivity contribution in [2.75, 3.05) is 45.1 Å². The number of fused-ring (bicyclic) bond motifs is 1. The minimum Gasteiger partial charge on any atom is -0.379 e. The van der Waals surface area contributed by atoms with Gasteiger partial charge in [0.05, 0.1) is 40.6 Å². The van der Waals surface area contributed by atoms with Crippen molar-refractivity contribution in [3.63, 3.8) is 0 Å². The van der Waals surface area contributed by atoms with Crippen LogP contribution in [0.1, 0.15) is 6.42 Å². The predicted molar refractivity (Wildman–Crippen MR) is 133 cm³/mol. The van der Waals surface area contributed by atoms with Gasteiger partial charge in [-0.15, -0.1) is 0 Å². The number of hydrogen-bond acceptors (Lipinski definition) is 6. The number of hydrogen-bond donors (Lipinski definition) is 1. The molecule has 0 aliphatic carbocycles. The minimum atomic E-state index is -0.252. The Hall–Kier alpha value is -2.10. The van der Waals surface area contributed by atoms with Crippen LogP contribution in [0.3, 0.4) is 0 Å². The number of amides is 1. The second kappa shape index (κ2) is 11.4. The molecule has 0 bridgehead atoms. The first-order valence-corrected chi connectivity index (χ1v) is 12.4. The van der Waals surface area contributed by atoms with Crippen molar-refractivity contribution in [1.82, 2.24) is 19.8 Å². The molecule has 1 saturated heterocycles. The summed E-state index contributed by atoms with van der Waals surface area (Å²) < 4.78 is 6.79. The third-order valence-electron chi connectivity index (χ3n) is 5.30. The second-order valence-corrected chi connectivity index (χ2v) is 9.38. The Morgan fingerprint density at radius 2 is 1.94 bits per heavy atom. The molecule has 0 unspecified atom stereocenters. The Morgan fingerprint density at radius 3 is 2.73 bits per heavy atom. The average molecular weight is 507 g/mol. The van der Waals surface area contributed by atoms with Gasteiger partial charge in [-0.3, -0.25) is 19.1 Å². The van der Waals surface area contributed by atoms with Crippen LogP contribution in [0.25, 0.3) is 16.6 Å². The molecule has 3 aromatic rings. The SMILES string of the molecule is O=C(CSc1nc2ccccc2c(=O)n1-c1ccc(Cl)cc1Cl)NCCCN1CCOCC1. The fraction of sp³-hybridized carbons (Fsp3) is 0.348. The van der Waals surface area contributed by atoms with Gasteiger partial charge in [0.15, 0.2) is 5.16 Å². The van der Waals surface area contributed by atoms with Gasteiger partial charge in [-0.25, -0.2) is 4.98 Å². The lowest BCUT2D eigenvalue weighted by molar-refractivity contribution is -0.118. The van der Waals surface area contributed by atoms with Gasteiger partial charge >= 0.3 is 0 Å². The number of morpholine rings is 1. The molecule has 33 heavy (non-hydrogen) atoms. The van der Waals surface area contributed by atoms with Gasteiger partial charge in [-0.2, -0.15) is 0 Å². The van der Waals surface area contributed by atoms with E-state index < -0.39 is 0 Å². The summed E-state index contributed by atoms with van der Waals surface area (Å²) in [5, 5.41) is 4.61. The maximum atomic E-state index is 13.3. The Balaban J connectivity index is 1.47. The van der Waals surface area contributed by atoms with Crippen molar-refractivity contribution in [3.8, 4) is 5.69 Å². The van der Waals surface area contributed by atoms with Crippen LogP contribution >= 0.6 is 35.0 Å². The van der Waals surface area contributed by atoms with Crippen LogP contribution < -0.4 is 10.9 Å². The van der Waals surface area contributed by atoms with E-state index in [4.69, 9.17) is 27.9 Å². The van der Waals surface area contributed by atoms with Crippen LogP contribution in [0.4, 0.5) is 0 Å². The molecule has 1 fully saturated rings. The van der Waals surface area contributed by atoms with Crippen molar-refractivity contribution in [3.05, 3.63) is 62.9 Å². The van der Waals surface area contributed by atoms with Crippen LogP contribution in [0.2, 0.25) is 10.0 Å². The second-order valence-electron chi connectivity index (χ2n) is 7.59. The largest absolute Gasteiger partial charge is 0.379 e. The standard InChI is InChI=1S/C23H24Cl2N4O3S/c24-16-6-7-20(18(25)14-16)29-22(31)17-4-1-2-5-19(17)27-23(29)33-15-21(30)26-8-3-9-28-10-12-32-13-11-28/h1-2,4-7,14H,3,8-13,15H2,(H,26,30). The molecule has 10 heteroatoms. The highest BCUT2D eigenvalue weighted by Crippen LogP contribution is 2.28. The van der Waals surface area contributed by atoms with E-state index >= 15 is 0 Å². The van der Waals surface area contributed by atoms with Gasteiger partial charge in [0.2, 0.25) is 5.91 Å². The minimum absolute atomic E-state index is 0.113. The van der Waals surface area contributed by atoms with Crippen LogP contribution in [0.15, 0.2) is 52.4 Å². The van der Waals surface area contributed by atoms with E-state index in [0.29, 0.717) is 38.3 Å². The molecule has 1 aromatic heterocycles. The highest BCUT2D eigenvalue weighted by molar-refractivity contribution is 7.99. The molecule has 2 aromatic carbocycles. The van der Waals surface area contributed by atoms with E-state index in [-0.39, 0.29) is 17.2 Å². The lowest BCUT2D eigenvalue weighted by atomic mass is 10.2. The van der Waals surface area contributed by atoms with E-state index in [2.05, 4.69) is 15.2 Å². The van der Waals surface area contributed by atoms with Crippen LogP contribution in [0.5, 0.6) is 0 Å². The molecule has 1 aliphatic rings. The van der Waals surface area contributed by atoms with Gasteiger partial charge in [0, 0.05) is 24.7 Å². The summed E-state index contributed by atoms with van der Waals surface area (Å²) in [5.41, 5.74) is 0.785. The van der Waals surface area contributed by atoms with E-state index in [9.17, 15) is 9.59 Å². The highest BCUT2D eigenvalue weighted by atomic mass is 35.5. The Bertz CT molecular complexity index is 1200. The summed E-state index contributed by atoms with van der Waals surface area (Å²) in [6.07, 6.45) is 0.871. The zero-order valence-corrected chi connectivity index (χ0v) is 20.3. The fourth-order valence-electron chi connectivity index (χ4n) is 3.62. The fourth-order valence-corrected chi connectivity index (χ4v) is 4.95. The smallest absolute Gasteiger partial charge is 0.266 e. The maximum absolute atomic E-state index is 13.3. The van der Waals surface area contributed by atoms with Crippen molar-refractivity contribution in [2.45, 2.75) is 11.6 Å². The zero-order valence-electron chi connectivity index (χ0n) is 17.9. The van der Waals surface area contributed by atoms with Crippen LogP contribution in [-0.2, 0) is 9.53 Å². The lowest BCUT2D eigenvalue weighted by Gasteiger charge is -2.26. The summed E-state index contributed by atoms with van der Waals surface area (Å²) in [6.45, 7) is 4.92. The Kier molecular flexibility index (Phi) is 8.27. The number of carbonyl (C=O) groups excluding carboxylic acids is 1. The zero-order chi connectivity index (χ0) is 23.2. The van der Waals surface area contributed by atoms with Gasteiger partial charge in [0.1, 0.15) is 0 Å². The Morgan fingerprint density at radius 1 is 1.15 bits per heavy atom. The molecule has 0 spiro atoms. The number of halogens is 2. The van der Waals surface area contributed by atoms with E-state index in [1.807, 2.05) is 6.07 Å². The molecule has 1 amide bonds. The number of carbonyl (C=O) groups is 1. The number of nitrogens with zero attached hydrogens (tertiary/aromatic N) is 3. The number of ether oxygens (including phenoxy) is 1. The molecule has 174 valence electrons. The first-order chi connectivity index (χ1) is 16.0. The van der Waals surface area contributed by atoms with Crippen molar-refractivity contribution >= 4 is 51.8 Å². The molecular weight excluding hydrogens is 483 g/mol. The number of thioether (sulfide) groups is 1. The van der Waals surface area contributed by atoms with E-state index in [1.165, 1.54) is 16.3 Å². The number of benzene rings is 2. The maximum Gasteiger partial charge on any atom is 0.266 e. The molecule has 1 N–H and O–H groups in total. The summed E-state index contributed by atoms with van der Waals surface area (Å²) in [5.74, 6) is 0.0196. The molecular formula is C23H24Cl2N4O3S. The number of nitrogens with one attached hydrogen (secondary N) is 1. The summed E-state index contributed by atoms with van der Waals surface area (Å²) in [7, 11) is 0. The van der Waals surface area contributed by atoms with Crippen molar-refractivity contribution in [1.29, 1.82) is 0 Å². The van der Waals surface area contributed by atoms with Crippen molar-refractivity contribution in [2.24, 2.45) is 0 Å². The first-order valence-electron chi connectivity index (χ1n) is 10.7. The third kappa shape index (κ3) is 6.07. The molecule has 2 heterocycles. The number of para-hydroxylation sites is 1. The monoisotopic (exact) mass is 506 g/mol. The van der Waals surface area contributed by atoms with Crippen LogP contribution in [-0.4, -0.2) is 65.5 Å². The molecule has 0 saturated carbocycles. The normalized spacial score (nSPS) is 14.5. The highest BCUT2D eigenvalue weighted by Gasteiger charge is 2.17. The summed E-state index contributed by atoms with van der Waals surface area (Å²) in [6, 6.07) is 12.0. The average Bonchev–Trinajstić information content (AvgIpc) is 2.82. The van der Waals surface area contributed by atoms with Crippen LogP contribution in [0, 0.1) is 0 Å². The summed E-state index contributed by atoms with van der Waals surface area (Å²) in [4.78, 5) is 32.7. The number of aromatic nitrogens is 2. The molecule has 1 aliphatic heterocycles. The van der Waals surface area contributed by atoms with Gasteiger partial charge in [0.25, 0.3) is 5.56 Å². The molecule has 4 rings (SSSR count). The lowest BCUT2D eigenvalue weighted by Crippen LogP contribution is -2.38. The topological polar surface area (TPSA) is 76.5 Å². The van der Waals surface area contributed by atoms with E-state index in [0.717, 1.165) is 39.3 Å². The number of rotatable bonds is 8. The predicted octanol–water partition coefficient (Wildman–Crippen LogP) is 3.62. The van der Waals surface area contributed by atoms with Gasteiger partial charge in [-0.05, 0) is 43.3 Å². The Labute approximate surface area is 206 Å². The molecule has 7 nitrogen and oxygen atoms in total.